The zero-order valence-corrected chi connectivity index (χ0v) is 19.6. The Bertz CT molecular complexity index is 1550. The lowest BCUT2D eigenvalue weighted by Gasteiger charge is -2.12. The second kappa shape index (κ2) is 9.79. The number of benzene rings is 4. The number of anilines is 1. The quantitative estimate of drug-likeness (QED) is 0.308. The molecule has 180 valence electrons. The summed E-state index contributed by atoms with van der Waals surface area (Å²) >= 11 is 0. The van der Waals surface area contributed by atoms with E-state index in [9.17, 15) is 9.59 Å². The van der Waals surface area contributed by atoms with Crippen molar-refractivity contribution in [3.63, 3.8) is 0 Å². The van der Waals surface area contributed by atoms with E-state index in [1.807, 2.05) is 48.5 Å². The predicted octanol–water partition coefficient (Wildman–Crippen LogP) is 5.46. The number of fused-ring (bicyclic) bond motifs is 2. The summed E-state index contributed by atoms with van der Waals surface area (Å²) in [6.07, 6.45) is 0. The van der Waals surface area contributed by atoms with Gasteiger partial charge in [0.1, 0.15) is 17.0 Å². The third kappa shape index (κ3) is 4.44. The van der Waals surface area contributed by atoms with Crippen LogP contribution in [0.15, 0.2) is 83.3 Å². The van der Waals surface area contributed by atoms with Crippen LogP contribution in [-0.2, 0) is 9.53 Å². The molecule has 0 unspecified atom stereocenters. The molecule has 5 rings (SSSR count). The Labute approximate surface area is 206 Å². The van der Waals surface area contributed by atoms with Gasteiger partial charge in [-0.05, 0) is 41.8 Å². The van der Waals surface area contributed by atoms with E-state index in [0.29, 0.717) is 45.2 Å². The molecule has 0 saturated carbocycles. The van der Waals surface area contributed by atoms with Gasteiger partial charge in [0.25, 0.3) is 5.91 Å². The third-order valence-electron chi connectivity index (χ3n) is 5.67. The maximum absolute atomic E-state index is 13.1. The second-order valence-corrected chi connectivity index (χ2v) is 7.89. The molecular formula is C28H22N2O6. The first-order valence-electron chi connectivity index (χ1n) is 11.1. The van der Waals surface area contributed by atoms with Gasteiger partial charge in [-0.1, -0.05) is 36.4 Å². The molecule has 8 nitrogen and oxygen atoms in total. The van der Waals surface area contributed by atoms with E-state index in [1.165, 1.54) is 14.2 Å². The van der Waals surface area contributed by atoms with Gasteiger partial charge in [-0.2, -0.15) is 0 Å². The van der Waals surface area contributed by atoms with Crippen LogP contribution in [0.2, 0.25) is 0 Å². The number of hydrogen-bond acceptors (Lipinski definition) is 7. The van der Waals surface area contributed by atoms with Crippen LogP contribution in [0, 0.1) is 0 Å². The van der Waals surface area contributed by atoms with Crippen molar-refractivity contribution in [2.75, 3.05) is 26.1 Å². The zero-order valence-electron chi connectivity index (χ0n) is 19.6. The molecule has 0 spiro atoms. The van der Waals surface area contributed by atoms with Crippen LogP contribution in [-0.4, -0.2) is 37.7 Å². The van der Waals surface area contributed by atoms with Crippen LogP contribution < -0.4 is 14.8 Å². The van der Waals surface area contributed by atoms with E-state index in [1.54, 1.807) is 30.3 Å². The van der Waals surface area contributed by atoms with Crippen molar-refractivity contribution < 1.29 is 28.2 Å². The summed E-state index contributed by atoms with van der Waals surface area (Å²) in [4.78, 5) is 30.2. The summed E-state index contributed by atoms with van der Waals surface area (Å²) in [6.45, 7) is -0.477. The maximum Gasteiger partial charge on any atom is 0.339 e. The van der Waals surface area contributed by atoms with Gasteiger partial charge in [-0.25, -0.2) is 9.78 Å². The standard InChI is InChI=1S/C28H22N2O6/c1-33-18-13-14-22(24(15-18)34-2)29-25(31)16-35-28(32)20-10-6-8-17-7-5-9-19(26(17)20)27-30-21-11-3-4-12-23(21)36-27/h3-15H,16H2,1-2H3,(H,29,31). The molecule has 4 aromatic carbocycles. The summed E-state index contributed by atoms with van der Waals surface area (Å²) in [6, 6.07) is 23.3. The van der Waals surface area contributed by atoms with E-state index >= 15 is 0 Å². The van der Waals surface area contributed by atoms with Crippen molar-refractivity contribution in [3.05, 3.63) is 84.4 Å². The first-order chi connectivity index (χ1) is 17.6. The fourth-order valence-electron chi connectivity index (χ4n) is 3.97. The van der Waals surface area contributed by atoms with Gasteiger partial charge >= 0.3 is 5.97 Å². The minimum atomic E-state index is -0.638. The van der Waals surface area contributed by atoms with Gasteiger partial charge in [-0.15, -0.1) is 0 Å². The molecular weight excluding hydrogens is 460 g/mol. The van der Waals surface area contributed by atoms with Crippen LogP contribution in [0.3, 0.4) is 0 Å². The Morgan fingerprint density at radius 1 is 0.917 bits per heavy atom. The van der Waals surface area contributed by atoms with Gasteiger partial charge in [0, 0.05) is 17.0 Å². The Hall–Kier alpha value is -4.85. The Balaban J connectivity index is 1.39. The zero-order chi connectivity index (χ0) is 25.1. The average Bonchev–Trinajstić information content (AvgIpc) is 3.35. The number of nitrogens with one attached hydrogen (secondary N) is 1. The van der Waals surface area contributed by atoms with Crippen LogP contribution in [0.5, 0.6) is 11.5 Å². The molecule has 0 atom stereocenters. The molecule has 8 heteroatoms. The number of esters is 1. The monoisotopic (exact) mass is 482 g/mol. The minimum absolute atomic E-state index is 0.306. The van der Waals surface area contributed by atoms with Crippen LogP contribution in [0.1, 0.15) is 10.4 Å². The molecule has 1 heterocycles. The van der Waals surface area contributed by atoms with Crippen molar-refractivity contribution in [3.8, 4) is 23.0 Å². The number of methoxy groups -OCH3 is 2. The fourth-order valence-corrected chi connectivity index (χ4v) is 3.97. The molecule has 1 N–H and O–H groups in total. The molecule has 0 aliphatic carbocycles. The van der Waals surface area contributed by atoms with E-state index in [-0.39, 0.29) is 0 Å². The number of hydrogen-bond donors (Lipinski definition) is 1. The Morgan fingerprint density at radius 2 is 1.72 bits per heavy atom. The largest absolute Gasteiger partial charge is 0.497 e. The third-order valence-corrected chi connectivity index (χ3v) is 5.67. The molecule has 36 heavy (non-hydrogen) atoms. The molecule has 0 fully saturated rings. The number of carbonyl (C=O) groups is 2. The van der Waals surface area contributed by atoms with Crippen LogP contribution in [0.25, 0.3) is 33.3 Å². The molecule has 1 aromatic heterocycles. The van der Waals surface area contributed by atoms with E-state index in [4.69, 9.17) is 18.6 Å². The average molecular weight is 482 g/mol. The maximum atomic E-state index is 13.1. The number of oxazole rings is 1. The van der Waals surface area contributed by atoms with Crippen molar-refractivity contribution in [2.45, 2.75) is 0 Å². The Kier molecular flexibility index (Phi) is 6.23. The first-order valence-corrected chi connectivity index (χ1v) is 11.1. The number of aromatic nitrogens is 1. The highest BCUT2D eigenvalue weighted by atomic mass is 16.5. The van der Waals surface area contributed by atoms with E-state index in [2.05, 4.69) is 10.3 Å². The lowest BCUT2D eigenvalue weighted by Crippen LogP contribution is -2.21. The van der Waals surface area contributed by atoms with Crippen molar-refractivity contribution in [1.29, 1.82) is 0 Å². The van der Waals surface area contributed by atoms with Crippen molar-refractivity contribution in [1.82, 2.24) is 4.98 Å². The van der Waals surface area contributed by atoms with E-state index < -0.39 is 18.5 Å². The second-order valence-electron chi connectivity index (χ2n) is 7.89. The van der Waals surface area contributed by atoms with Crippen molar-refractivity contribution in [2.24, 2.45) is 0 Å². The number of para-hydroxylation sites is 2. The van der Waals surface area contributed by atoms with Gasteiger partial charge < -0.3 is 23.9 Å². The summed E-state index contributed by atoms with van der Waals surface area (Å²) < 4.78 is 21.8. The minimum Gasteiger partial charge on any atom is -0.497 e. The molecule has 0 aliphatic rings. The van der Waals surface area contributed by atoms with E-state index in [0.717, 1.165) is 10.9 Å². The fraction of sp³-hybridized carbons (Fsp3) is 0.107. The molecule has 0 aliphatic heterocycles. The number of ether oxygens (including phenoxy) is 3. The van der Waals surface area contributed by atoms with Gasteiger partial charge in [0.2, 0.25) is 5.89 Å². The summed E-state index contributed by atoms with van der Waals surface area (Å²) in [5, 5.41) is 4.14. The highest BCUT2D eigenvalue weighted by Gasteiger charge is 2.19. The lowest BCUT2D eigenvalue weighted by molar-refractivity contribution is -0.119. The smallest absolute Gasteiger partial charge is 0.339 e. The number of amides is 1. The number of rotatable bonds is 7. The first kappa shape index (κ1) is 22.9. The molecule has 0 radical (unpaired) electrons. The SMILES string of the molecule is COc1ccc(NC(=O)COC(=O)c2cccc3cccc(-c4nc5ccccc5o4)c23)c(OC)c1. The Morgan fingerprint density at radius 3 is 2.50 bits per heavy atom. The van der Waals surface area contributed by atoms with Gasteiger partial charge in [-0.3, -0.25) is 4.79 Å². The van der Waals surface area contributed by atoms with Crippen LogP contribution in [0.4, 0.5) is 5.69 Å². The molecule has 0 saturated heterocycles. The highest BCUT2D eigenvalue weighted by Crippen LogP contribution is 2.33. The van der Waals surface area contributed by atoms with Gasteiger partial charge in [0.05, 0.1) is 25.5 Å². The highest BCUT2D eigenvalue weighted by molar-refractivity contribution is 6.10. The molecule has 1 amide bonds. The summed E-state index contributed by atoms with van der Waals surface area (Å²) in [7, 11) is 3.02. The summed E-state index contributed by atoms with van der Waals surface area (Å²) in [5.41, 5.74) is 2.76. The molecule has 5 aromatic rings. The number of carbonyl (C=O) groups excluding carboxylic acids is 2. The topological polar surface area (TPSA) is 99.9 Å². The normalized spacial score (nSPS) is 10.8. The number of nitrogens with zero attached hydrogens (tertiary/aromatic N) is 1. The van der Waals surface area contributed by atoms with Crippen LogP contribution >= 0.6 is 0 Å². The molecule has 0 bridgehead atoms. The predicted molar refractivity (Wildman–Crippen MR) is 135 cm³/mol. The van der Waals surface area contributed by atoms with Gasteiger partial charge in [0.15, 0.2) is 12.2 Å². The summed E-state index contributed by atoms with van der Waals surface area (Å²) in [5.74, 6) is 0.256. The lowest BCUT2D eigenvalue weighted by atomic mass is 9.99. The van der Waals surface area contributed by atoms with Crippen molar-refractivity contribution >= 4 is 39.4 Å².